The normalized spacial score (nSPS) is 11.5. The van der Waals surface area contributed by atoms with Gasteiger partial charge in [0, 0.05) is 0 Å². The van der Waals surface area contributed by atoms with E-state index in [-0.39, 0.29) is 0 Å². The molecule has 0 aromatic rings. The number of hydrogen-bond donors (Lipinski definition) is 1. The topological polar surface area (TPSA) is 60.4 Å². The Bertz CT molecular complexity index is 125. The minimum atomic E-state index is -2.08. The third-order valence-electron chi connectivity index (χ3n) is 2.01. The van der Waals surface area contributed by atoms with Crippen molar-refractivity contribution in [3.63, 3.8) is 0 Å². The highest BCUT2D eigenvalue weighted by Gasteiger charge is 2.25. The van der Waals surface area contributed by atoms with Crippen molar-refractivity contribution in [2.75, 3.05) is 21.1 Å². The van der Waals surface area contributed by atoms with E-state index in [1.807, 2.05) is 0 Å². The van der Waals surface area contributed by atoms with Crippen LogP contribution < -0.4 is 5.11 Å². The number of nitrogens with zero attached hydrogens (tertiary/aromatic N) is 1. The van der Waals surface area contributed by atoms with Crippen LogP contribution in [0.15, 0.2) is 0 Å². The van der Waals surface area contributed by atoms with Crippen LogP contribution in [-0.4, -0.2) is 42.4 Å². The van der Waals surface area contributed by atoms with Gasteiger partial charge in [-0.15, -0.1) is 0 Å². The molecule has 0 rings (SSSR count). The highest BCUT2D eigenvalue weighted by atomic mass is 16.6. The molecule has 0 aromatic heterocycles. The lowest BCUT2D eigenvalue weighted by Crippen LogP contribution is -2.50. The van der Waals surface area contributed by atoms with E-state index in [0.29, 0.717) is 5.54 Å². The predicted molar refractivity (Wildman–Crippen MR) is 45.8 cm³/mol. The van der Waals surface area contributed by atoms with Crippen LogP contribution in [0.2, 0.25) is 0 Å². The molecule has 0 spiro atoms. The van der Waals surface area contributed by atoms with Crippen LogP contribution in [0.3, 0.4) is 0 Å². The molecule has 0 aliphatic carbocycles. The molecule has 0 atom stereocenters. The van der Waals surface area contributed by atoms with E-state index in [1.165, 1.54) is 0 Å². The SMILES string of the molecule is CC(C)(C)[N+](C)(C)C.O=C([O-])O. The maximum atomic E-state index is 8.44. The van der Waals surface area contributed by atoms with Crippen molar-refractivity contribution in [3.8, 4) is 0 Å². The van der Waals surface area contributed by atoms with E-state index in [1.54, 1.807) is 0 Å². The first kappa shape index (κ1) is 13.8. The number of quaternary nitrogens is 1. The lowest BCUT2D eigenvalue weighted by Gasteiger charge is -2.38. The highest BCUT2D eigenvalue weighted by molar-refractivity contribution is 5.50. The summed E-state index contributed by atoms with van der Waals surface area (Å²) in [6, 6.07) is 0. The summed E-state index contributed by atoms with van der Waals surface area (Å²) >= 11 is 0. The van der Waals surface area contributed by atoms with Crippen molar-refractivity contribution in [2.45, 2.75) is 26.3 Å². The van der Waals surface area contributed by atoms with Crippen molar-refractivity contribution in [1.82, 2.24) is 0 Å². The first-order valence-electron chi connectivity index (χ1n) is 3.70. The molecule has 74 valence electrons. The molecule has 0 radical (unpaired) electrons. The minimum Gasteiger partial charge on any atom is -0.565 e. The predicted octanol–water partition coefficient (Wildman–Crippen LogP) is 0.379. The molecule has 0 aliphatic rings. The summed E-state index contributed by atoms with van der Waals surface area (Å²) in [4.78, 5) is 8.44. The van der Waals surface area contributed by atoms with Gasteiger partial charge in [-0.1, -0.05) is 0 Å². The van der Waals surface area contributed by atoms with Crippen LogP contribution >= 0.6 is 0 Å². The molecular formula is C8H19NO3. The molecule has 4 heteroatoms. The van der Waals surface area contributed by atoms with Crippen molar-refractivity contribution in [3.05, 3.63) is 0 Å². The van der Waals surface area contributed by atoms with Gasteiger partial charge in [0.25, 0.3) is 0 Å². The first-order valence-corrected chi connectivity index (χ1v) is 3.70. The molecule has 0 saturated heterocycles. The van der Waals surface area contributed by atoms with E-state index >= 15 is 0 Å². The smallest absolute Gasteiger partial charge is 0.249 e. The van der Waals surface area contributed by atoms with E-state index < -0.39 is 6.16 Å². The second-order valence-electron chi connectivity index (χ2n) is 4.45. The zero-order valence-corrected chi connectivity index (χ0v) is 8.71. The van der Waals surface area contributed by atoms with Gasteiger partial charge in [0.1, 0.15) is 0 Å². The number of hydrogen-bond acceptors (Lipinski definition) is 2. The van der Waals surface area contributed by atoms with E-state index in [4.69, 9.17) is 15.0 Å². The lowest BCUT2D eigenvalue weighted by molar-refractivity contribution is -0.917. The van der Waals surface area contributed by atoms with E-state index in [0.717, 1.165) is 4.48 Å². The second kappa shape index (κ2) is 4.30. The number of carbonyl (C=O) groups is 1. The Kier molecular flexibility index (Phi) is 4.95. The van der Waals surface area contributed by atoms with Gasteiger partial charge in [0.2, 0.25) is 6.16 Å². The Balaban J connectivity index is 0. The quantitative estimate of drug-likeness (QED) is 0.544. The summed E-state index contributed by atoms with van der Waals surface area (Å²) in [6.45, 7) is 6.73. The maximum Gasteiger partial charge on any atom is 0.249 e. The van der Waals surface area contributed by atoms with Crippen molar-refractivity contribution in [1.29, 1.82) is 0 Å². The Morgan fingerprint density at radius 2 is 1.33 bits per heavy atom. The molecule has 0 bridgehead atoms. The zero-order valence-electron chi connectivity index (χ0n) is 8.71. The highest BCUT2D eigenvalue weighted by Crippen LogP contribution is 2.14. The number of rotatable bonds is 0. The minimum absolute atomic E-state index is 0.375. The lowest BCUT2D eigenvalue weighted by atomic mass is 10.1. The third kappa shape index (κ3) is 9.23. The van der Waals surface area contributed by atoms with Gasteiger partial charge < -0.3 is 19.5 Å². The average Bonchev–Trinajstić information content (AvgIpc) is 1.55. The van der Waals surface area contributed by atoms with Gasteiger partial charge >= 0.3 is 0 Å². The van der Waals surface area contributed by atoms with Gasteiger partial charge in [-0.2, -0.15) is 0 Å². The number of carboxylic acid groups (broad SMARTS) is 2. The Morgan fingerprint density at radius 3 is 1.33 bits per heavy atom. The fourth-order valence-electron chi connectivity index (χ4n) is 0. The first-order chi connectivity index (χ1) is 4.98. The van der Waals surface area contributed by atoms with Crippen molar-refractivity contribution in [2.24, 2.45) is 0 Å². The summed E-state index contributed by atoms with van der Waals surface area (Å²) in [5.41, 5.74) is 0.375. The maximum absolute atomic E-state index is 8.44. The molecule has 0 unspecified atom stereocenters. The zero-order chi connectivity index (χ0) is 10.6. The summed E-state index contributed by atoms with van der Waals surface area (Å²) in [7, 11) is 6.62. The third-order valence-corrected chi connectivity index (χ3v) is 2.01. The molecule has 0 fully saturated rings. The molecule has 0 saturated carbocycles. The Morgan fingerprint density at radius 1 is 1.25 bits per heavy atom. The van der Waals surface area contributed by atoms with Crippen LogP contribution in [0.4, 0.5) is 4.79 Å². The largest absolute Gasteiger partial charge is 0.565 e. The molecule has 0 heterocycles. The molecule has 0 aromatic carbocycles. The van der Waals surface area contributed by atoms with Gasteiger partial charge in [0.15, 0.2) is 0 Å². The van der Waals surface area contributed by atoms with Crippen LogP contribution in [0.1, 0.15) is 20.8 Å². The van der Waals surface area contributed by atoms with Crippen molar-refractivity contribution >= 4 is 6.16 Å². The fourth-order valence-corrected chi connectivity index (χ4v) is 0. The fraction of sp³-hybridized carbons (Fsp3) is 0.875. The van der Waals surface area contributed by atoms with E-state index in [2.05, 4.69) is 41.9 Å². The van der Waals surface area contributed by atoms with Crippen LogP contribution in [0.5, 0.6) is 0 Å². The summed E-state index contributed by atoms with van der Waals surface area (Å²) in [5, 5.41) is 15.3. The monoisotopic (exact) mass is 177 g/mol. The summed E-state index contributed by atoms with van der Waals surface area (Å²) in [5.74, 6) is 0. The van der Waals surface area contributed by atoms with E-state index in [9.17, 15) is 0 Å². The molecule has 1 N–H and O–H groups in total. The van der Waals surface area contributed by atoms with Gasteiger partial charge in [-0.25, -0.2) is 0 Å². The van der Waals surface area contributed by atoms with Gasteiger partial charge in [-0.3, -0.25) is 0 Å². The molecule has 0 aliphatic heterocycles. The van der Waals surface area contributed by atoms with Gasteiger partial charge in [0.05, 0.1) is 26.7 Å². The summed E-state index contributed by atoms with van der Waals surface area (Å²) in [6.07, 6.45) is -2.08. The summed E-state index contributed by atoms with van der Waals surface area (Å²) < 4.78 is 1.02. The van der Waals surface area contributed by atoms with Crippen LogP contribution in [-0.2, 0) is 0 Å². The average molecular weight is 177 g/mol. The molecular weight excluding hydrogens is 158 g/mol. The second-order valence-corrected chi connectivity index (χ2v) is 4.45. The Labute approximate surface area is 74.0 Å². The van der Waals surface area contributed by atoms with Crippen LogP contribution in [0.25, 0.3) is 0 Å². The van der Waals surface area contributed by atoms with Gasteiger partial charge in [-0.05, 0) is 20.8 Å². The van der Waals surface area contributed by atoms with Crippen molar-refractivity contribution < 1.29 is 19.5 Å². The molecule has 4 nitrogen and oxygen atoms in total. The van der Waals surface area contributed by atoms with Crippen LogP contribution in [0, 0.1) is 0 Å². The Hall–Kier alpha value is -0.770. The molecule has 12 heavy (non-hydrogen) atoms. The standard InChI is InChI=1S/C7H18N.CH2O3/c1-7(2,3)8(4,5)6;2-1(3)4/h1-6H3;(H2,2,3,4)/q+1;/p-1. The molecule has 0 amide bonds.